The standard InChI is InChI=1S/C7H6ClN3/c8-7-5-2-1-4(9)3-6(5)10-11-7/h1-3H,9H2,(H,10,11). The highest BCUT2D eigenvalue weighted by Gasteiger charge is 2.00. The minimum absolute atomic E-state index is 0.486. The lowest BCUT2D eigenvalue weighted by atomic mass is 10.2. The molecule has 0 fully saturated rings. The maximum atomic E-state index is 5.74. The second-order valence-electron chi connectivity index (χ2n) is 2.32. The van der Waals surface area contributed by atoms with Crippen LogP contribution in [-0.2, 0) is 0 Å². The molecule has 2 aromatic rings. The van der Waals surface area contributed by atoms with Crippen LogP contribution in [0.15, 0.2) is 18.2 Å². The average Bonchev–Trinajstić information content (AvgIpc) is 2.32. The molecule has 1 heterocycles. The van der Waals surface area contributed by atoms with Crippen LogP contribution in [0.3, 0.4) is 0 Å². The molecule has 3 N–H and O–H groups in total. The molecule has 0 saturated carbocycles. The average molecular weight is 168 g/mol. The van der Waals surface area contributed by atoms with Crippen molar-refractivity contribution < 1.29 is 0 Å². The summed E-state index contributed by atoms with van der Waals surface area (Å²) in [5, 5.41) is 7.98. The number of fused-ring (bicyclic) bond motifs is 1. The van der Waals surface area contributed by atoms with Gasteiger partial charge in [0.15, 0.2) is 5.15 Å². The molecule has 0 aliphatic heterocycles. The summed E-state index contributed by atoms with van der Waals surface area (Å²) in [6.45, 7) is 0. The molecule has 56 valence electrons. The van der Waals surface area contributed by atoms with Crippen LogP contribution in [0.4, 0.5) is 5.69 Å². The minimum atomic E-state index is 0.486. The van der Waals surface area contributed by atoms with Crippen molar-refractivity contribution in [3.8, 4) is 0 Å². The molecule has 4 heteroatoms. The molecule has 0 radical (unpaired) electrons. The number of halogens is 1. The van der Waals surface area contributed by atoms with Crippen LogP contribution >= 0.6 is 11.6 Å². The Labute approximate surface area is 68.2 Å². The molecular formula is C7H6ClN3. The van der Waals surface area contributed by atoms with Gasteiger partial charge in [-0.2, -0.15) is 5.10 Å². The van der Waals surface area contributed by atoms with Gasteiger partial charge in [0.2, 0.25) is 0 Å². The fourth-order valence-corrected chi connectivity index (χ4v) is 1.21. The van der Waals surface area contributed by atoms with Gasteiger partial charge in [-0.15, -0.1) is 0 Å². The molecule has 3 nitrogen and oxygen atoms in total. The Hall–Kier alpha value is -1.22. The van der Waals surface area contributed by atoms with E-state index in [2.05, 4.69) is 10.2 Å². The lowest BCUT2D eigenvalue weighted by Gasteiger charge is -1.90. The lowest BCUT2D eigenvalue weighted by molar-refractivity contribution is 1.12. The van der Waals surface area contributed by atoms with E-state index >= 15 is 0 Å². The van der Waals surface area contributed by atoms with Gasteiger partial charge in [-0.1, -0.05) is 11.6 Å². The number of nitrogens with zero attached hydrogens (tertiary/aromatic N) is 1. The van der Waals surface area contributed by atoms with E-state index in [-0.39, 0.29) is 0 Å². The molecule has 0 saturated heterocycles. The number of rotatable bonds is 0. The summed E-state index contributed by atoms with van der Waals surface area (Å²) in [6, 6.07) is 5.44. The second kappa shape index (κ2) is 2.13. The number of benzene rings is 1. The zero-order chi connectivity index (χ0) is 7.84. The van der Waals surface area contributed by atoms with E-state index in [1.807, 2.05) is 6.07 Å². The van der Waals surface area contributed by atoms with Gasteiger partial charge in [-0.25, -0.2) is 0 Å². The maximum Gasteiger partial charge on any atom is 0.158 e. The van der Waals surface area contributed by atoms with Gasteiger partial charge in [-0.05, 0) is 18.2 Å². The first-order valence-corrected chi connectivity index (χ1v) is 3.54. The van der Waals surface area contributed by atoms with Gasteiger partial charge in [-0.3, -0.25) is 5.10 Å². The number of aromatic nitrogens is 2. The predicted molar refractivity (Wildman–Crippen MR) is 45.5 cm³/mol. The summed E-state index contributed by atoms with van der Waals surface area (Å²) in [7, 11) is 0. The zero-order valence-corrected chi connectivity index (χ0v) is 6.39. The van der Waals surface area contributed by atoms with Crippen molar-refractivity contribution in [3.05, 3.63) is 23.4 Å². The first-order chi connectivity index (χ1) is 5.27. The van der Waals surface area contributed by atoms with Crippen LogP contribution in [-0.4, -0.2) is 10.2 Å². The Morgan fingerprint density at radius 2 is 2.27 bits per heavy atom. The number of H-pyrrole nitrogens is 1. The third-order valence-electron chi connectivity index (χ3n) is 1.54. The lowest BCUT2D eigenvalue weighted by Crippen LogP contribution is -1.82. The van der Waals surface area contributed by atoms with E-state index in [0.29, 0.717) is 10.8 Å². The van der Waals surface area contributed by atoms with Gasteiger partial charge < -0.3 is 5.73 Å². The van der Waals surface area contributed by atoms with Crippen LogP contribution in [0.25, 0.3) is 10.9 Å². The molecule has 0 spiro atoms. The van der Waals surface area contributed by atoms with Crippen molar-refractivity contribution in [2.24, 2.45) is 0 Å². The number of anilines is 1. The number of nitrogen functional groups attached to an aromatic ring is 1. The Morgan fingerprint density at radius 1 is 1.45 bits per heavy atom. The van der Waals surface area contributed by atoms with E-state index in [1.54, 1.807) is 12.1 Å². The van der Waals surface area contributed by atoms with Gasteiger partial charge in [0.05, 0.1) is 5.52 Å². The molecule has 2 rings (SSSR count). The zero-order valence-electron chi connectivity index (χ0n) is 5.63. The summed E-state index contributed by atoms with van der Waals surface area (Å²) in [4.78, 5) is 0. The molecule has 11 heavy (non-hydrogen) atoms. The molecule has 0 bridgehead atoms. The van der Waals surface area contributed by atoms with E-state index < -0.39 is 0 Å². The van der Waals surface area contributed by atoms with Gasteiger partial charge in [0, 0.05) is 11.1 Å². The summed E-state index contributed by atoms with van der Waals surface area (Å²) in [6.07, 6.45) is 0. The van der Waals surface area contributed by atoms with Crippen LogP contribution in [0.2, 0.25) is 5.15 Å². The monoisotopic (exact) mass is 167 g/mol. The first-order valence-electron chi connectivity index (χ1n) is 3.16. The highest BCUT2D eigenvalue weighted by atomic mass is 35.5. The van der Waals surface area contributed by atoms with E-state index in [1.165, 1.54) is 0 Å². The Balaban J connectivity index is 2.86. The molecule has 0 aliphatic rings. The van der Waals surface area contributed by atoms with Crippen molar-refractivity contribution in [2.45, 2.75) is 0 Å². The number of aromatic amines is 1. The van der Waals surface area contributed by atoms with Crippen molar-refractivity contribution in [2.75, 3.05) is 5.73 Å². The van der Waals surface area contributed by atoms with Crippen molar-refractivity contribution in [3.63, 3.8) is 0 Å². The predicted octanol–water partition coefficient (Wildman–Crippen LogP) is 1.80. The highest BCUT2D eigenvalue weighted by molar-refractivity contribution is 6.34. The van der Waals surface area contributed by atoms with E-state index in [0.717, 1.165) is 10.9 Å². The third-order valence-corrected chi connectivity index (χ3v) is 1.83. The van der Waals surface area contributed by atoms with Crippen molar-refractivity contribution >= 4 is 28.2 Å². The number of nitrogens with one attached hydrogen (secondary N) is 1. The third kappa shape index (κ3) is 0.935. The van der Waals surface area contributed by atoms with Crippen LogP contribution in [0, 0.1) is 0 Å². The number of hydrogen-bond donors (Lipinski definition) is 2. The van der Waals surface area contributed by atoms with Crippen LogP contribution in [0.5, 0.6) is 0 Å². The molecular weight excluding hydrogens is 162 g/mol. The van der Waals surface area contributed by atoms with Crippen LogP contribution in [0.1, 0.15) is 0 Å². The van der Waals surface area contributed by atoms with E-state index in [9.17, 15) is 0 Å². The molecule has 1 aromatic heterocycles. The SMILES string of the molecule is Nc1ccc2c(Cl)n[nH]c2c1. The Bertz CT molecular complexity index is 393. The molecule has 0 unspecified atom stereocenters. The smallest absolute Gasteiger partial charge is 0.158 e. The van der Waals surface area contributed by atoms with Crippen LogP contribution < -0.4 is 5.73 Å². The summed E-state index contributed by atoms with van der Waals surface area (Å²) in [5.41, 5.74) is 7.12. The second-order valence-corrected chi connectivity index (χ2v) is 2.68. The largest absolute Gasteiger partial charge is 0.399 e. The Morgan fingerprint density at radius 3 is 3.09 bits per heavy atom. The Kier molecular flexibility index (Phi) is 1.26. The minimum Gasteiger partial charge on any atom is -0.399 e. The van der Waals surface area contributed by atoms with Crippen molar-refractivity contribution in [1.82, 2.24) is 10.2 Å². The quantitative estimate of drug-likeness (QED) is 0.588. The normalized spacial score (nSPS) is 10.6. The molecule has 0 aliphatic carbocycles. The fraction of sp³-hybridized carbons (Fsp3) is 0. The van der Waals surface area contributed by atoms with Gasteiger partial charge >= 0.3 is 0 Å². The molecule has 0 atom stereocenters. The summed E-state index contributed by atoms with van der Waals surface area (Å²) in [5.74, 6) is 0. The van der Waals surface area contributed by atoms with Gasteiger partial charge in [0.1, 0.15) is 0 Å². The summed E-state index contributed by atoms with van der Waals surface area (Å²) >= 11 is 5.74. The molecule has 1 aromatic carbocycles. The summed E-state index contributed by atoms with van der Waals surface area (Å²) < 4.78 is 0. The van der Waals surface area contributed by atoms with Crippen molar-refractivity contribution in [1.29, 1.82) is 0 Å². The highest BCUT2D eigenvalue weighted by Crippen LogP contribution is 2.21. The fourth-order valence-electron chi connectivity index (χ4n) is 1.00. The van der Waals surface area contributed by atoms with Gasteiger partial charge in [0.25, 0.3) is 0 Å². The first kappa shape index (κ1) is 6.49. The molecule has 0 amide bonds. The van der Waals surface area contributed by atoms with E-state index in [4.69, 9.17) is 17.3 Å². The number of hydrogen-bond acceptors (Lipinski definition) is 2. The topological polar surface area (TPSA) is 54.7 Å². The maximum absolute atomic E-state index is 5.74. The number of nitrogens with two attached hydrogens (primary N) is 1.